The number of rotatable bonds is 7. The van der Waals surface area contributed by atoms with E-state index in [-0.39, 0.29) is 5.54 Å². The molecule has 5 heteroatoms. The van der Waals surface area contributed by atoms with Gasteiger partial charge in [0.05, 0.1) is 12.3 Å². The van der Waals surface area contributed by atoms with Crippen molar-refractivity contribution in [2.24, 2.45) is 0 Å². The third kappa shape index (κ3) is 4.46. The summed E-state index contributed by atoms with van der Waals surface area (Å²) in [5, 5.41) is 6.95. The molecule has 0 bridgehead atoms. The summed E-state index contributed by atoms with van der Waals surface area (Å²) in [5.74, 6) is 0.768. The Bertz CT molecular complexity index is 334. The maximum absolute atomic E-state index is 5.64. The number of nitrogens with zero attached hydrogens (tertiary/aromatic N) is 2. The standard InChI is InChI=1S/C12H23N3O2/c1-12(2,15(4)5)9-16-8-11-6-10(7-13-3)14-17-11/h6,13H,7-9H2,1-5H3. The zero-order valence-corrected chi connectivity index (χ0v) is 11.4. The molecule has 17 heavy (non-hydrogen) atoms. The lowest BCUT2D eigenvalue weighted by Crippen LogP contribution is -2.42. The molecule has 0 aliphatic rings. The van der Waals surface area contributed by atoms with Gasteiger partial charge in [-0.1, -0.05) is 5.16 Å². The van der Waals surface area contributed by atoms with E-state index in [1.807, 2.05) is 27.2 Å². The Labute approximate surface area is 103 Å². The fraction of sp³-hybridized carbons (Fsp3) is 0.750. The Morgan fingerprint density at radius 2 is 2.18 bits per heavy atom. The van der Waals surface area contributed by atoms with Gasteiger partial charge in [-0.05, 0) is 35.0 Å². The van der Waals surface area contributed by atoms with Gasteiger partial charge >= 0.3 is 0 Å². The van der Waals surface area contributed by atoms with Crippen LogP contribution < -0.4 is 5.32 Å². The number of nitrogens with one attached hydrogen (secondary N) is 1. The van der Waals surface area contributed by atoms with E-state index in [1.54, 1.807) is 0 Å². The van der Waals surface area contributed by atoms with Crippen molar-refractivity contribution in [2.75, 3.05) is 27.7 Å². The molecule has 0 spiro atoms. The van der Waals surface area contributed by atoms with E-state index >= 15 is 0 Å². The summed E-state index contributed by atoms with van der Waals surface area (Å²) >= 11 is 0. The fourth-order valence-corrected chi connectivity index (χ4v) is 1.22. The molecule has 0 amide bonds. The van der Waals surface area contributed by atoms with Gasteiger partial charge in [-0.25, -0.2) is 0 Å². The molecule has 1 rings (SSSR count). The van der Waals surface area contributed by atoms with Crippen molar-refractivity contribution in [2.45, 2.75) is 32.5 Å². The van der Waals surface area contributed by atoms with E-state index in [0.717, 1.165) is 11.5 Å². The highest BCUT2D eigenvalue weighted by molar-refractivity contribution is 5.04. The minimum absolute atomic E-state index is 0.0217. The predicted molar refractivity (Wildman–Crippen MR) is 66.7 cm³/mol. The molecule has 0 radical (unpaired) electrons. The van der Waals surface area contributed by atoms with Gasteiger partial charge in [-0.2, -0.15) is 0 Å². The van der Waals surface area contributed by atoms with E-state index < -0.39 is 0 Å². The van der Waals surface area contributed by atoms with E-state index in [2.05, 4.69) is 29.2 Å². The molecule has 0 atom stereocenters. The number of hydrogen-bond donors (Lipinski definition) is 1. The molecule has 1 aromatic rings. The van der Waals surface area contributed by atoms with Crippen molar-refractivity contribution >= 4 is 0 Å². The van der Waals surface area contributed by atoms with Crippen molar-refractivity contribution in [3.05, 3.63) is 17.5 Å². The van der Waals surface area contributed by atoms with Crippen LogP contribution >= 0.6 is 0 Å². The molecule has 0 aliphatic carbocycles. The average molecular weight is 241 g/mol. The number of aromatic nitrogens is 1. The first-order chi connectivity index (χ1) is 7.95. The van der Waals surface area contributed by atoms with Gasteiger partial charge in [-0.3, -0.25) is 0 Å². The van der Waals surface area contributed by atoms with E-state index in [1.165, 1.54) is 0 Å². The van der Waals surface area contributed by atoms with Crippen molar-refractivity contribution in [1.29, 1.82) is 0 Å². The van der Waals surface area contributed by atoms with Gasteiger partial charge in [0.15, 0.2) is 5.76 Å². The molecule has 1 N–H and O–H groups in total. The summed E-state index contributed by atoms with van der Waals surface area (Å²) in [5.41, 5.74) is 0.923. The maximum Gasteiger partial charge on any atom is 0.162 e. The van der Waals surface area contributed by atoms with Gasteiger partial charge in [0.25, 0.3) is 0 Å². The van der Waals surface area contributed by atoms with Gasteiger partial charge in [0, 0.05) is 18.2 Å². The first-order valence-electron chi connectivity index (χ1n) is 5.80. The lowest BCUT2D eigenvalue weighted by atomic mass is 10.1. The summed E-state index contributed by atoms with van der Waals surface area (Å²) in [6.45, 7) is 6.11. The second kappa shape index (κ2) is 6.14. The highest BCUT2D eigenvalue weighted by atomic mass is 16.5. The van der Waals surface area contributed by atoms with Crippen molar-refractivity contribution in [1.82, 2.24) is 15.4 Å². The molecular weight excluding hydrogens is 218 g/mol. The Hall–Kier alpha value is -0.910. The largest absolute Gasteiger partial charge is 0.371 e. The number of likely N-dealkylation sites (N-methyl/N-ethyl adjacent to an activating group) is 1. The van der Waals surface area contributed by atoms with Crippen LogP contribution in [0.5, 0.6) is 0 Å². The molecule has 0 fully saturated rings. The molecule has 0 aromatic carbocycles. The third-order valence-corrected chi connectivity index (χ3v) is 2.88. The first-order valence-corrected chi connectivity index (χ1v) is 5.80. The summed E-state index contributed by atoms with van der Waals surface area (Å²) in [4.78, 5) is 2.14. The summed E-state index contributed by atoms with van der Waals surface area (Å²) in [6.07, 6.45) is 0. The van der Waals surface area contributed by atoms with Crippen LogP contribution in [0.25, 0.3) is 0 Å². The summed E-state index contributed by atoms with van der Waals surface area (Å²) in [6, 6.07) is 1.92. The van der Waals surface area contributed by atoms with Gasteiger partial charge in [-0.15, -0.1) is 0 Å². The van der Waals surface area contributed by atoms with E-state index in [0.29, 0.717) is 19.8 Å². The normalized spacial score (nSPS) is 12.4. The van der Waals surface area contributed by atoms with Crippen LogP contribution in [0.1, 0.15) is 25.3 Å². The quantitative estimate of drug-likeness (QED) is 0.778. The first kappa shape index (κ1) is 14.2. The Kier molecular flexibility index (Phi) is 5.11. The van der Waals surface area contributed by atoms with Crippen LogP contribution in [0.3, 0.4) is 0 Å². The van der Waals surface area contributed by atoms with Crippen LogP contribution in [0, 0.1) is 0 Å². The summed E-state index contributed by atoms with van der Waals surface area (Å²) < 4.78 is 10.8. The lowest BCUT2D eigenvalue weighted by Gasteiger charge is -2.31. The molecule has 0 aliphatic heterocycles. The van der Waals surface area contributed by atoms with Crippen LogP contribution in [-0.4, -0.2) is 43.3 Å². The fourth-order valence-electron chi connectivity index (χ4n) is 1.22. The Balaban J connectivity index is 2.35. The van der Waals surface area contributed by atoms with Gasteiger partial charge in [0.1, 0.15) is 6.61 Å². The van der Waals surface area contributed by atoms with Crippen LogP contribution in [-0.2, 0) is 17.9 Å². The van der Waals surface area contributed by atoms with Crippen LogP contribution in [0.15, 0.2) is 10.6 Å². The van der Waals surface area contributed by atoms with Crippen molar-refractivity contribution in [3.63, 3.8) is 0 Å². The number of ether oxygens (including phenoxy) is 1. The SMILES string of the molecule is CNCc1cc(COCC(C)(C)N(C)C)on1. The molecule has 0 unspecified atom stereocenters. The number of hydrogen-bond acceptors (Lipinski definition) is 5. The molecule has 0 saturated heterocycles. The van der Waals surface area contributed by atoms with Gasteiger partial charge < -0.3 is 19.5 Å². The minimum atomic E-state index is 0.0217. The predicted octanol–water partition coefficient (Wildman–Crippen LogP) is 1.25. The minimum Gasteiger partial charge on any atom is -0.371 e. The van der Waals surface area contributed by atoms with Crippen LogP contribution in [0.2, 0.25) is 0 Å². The molecular formula is C12H23N3O2. The van der Waals surface area contributed by atoms with Crippen molar-refractivity contribution < 1.29 is 9.26 Å². The second-order valence-electron chi connectivity index (χ2n) is 5.01. The second-order valence-corrected chi connectivity index (χ2v) is 5.01. The maximum atomic E-state index is 5.64. The molecule has 0 saturated carbocycles. The highest BCUT2D eigenvalue weighted by Crippen LogP contribution is 2.12. The topological polar surface area (TPSA) is 50.5 Å². The smallest absolute Gasteiger partial charge is 0.162 e. The zero-order valence-electron chi connectivity index (χ0n) is 11.4. The summed E-state index contributed by atoms with van der Waals surface area (Å²) in [7, 11) is 5.97. The molecule has 1 aromatic heterocycles. The van der Waals surface area contributed by atoms with E-state index in [9.17, 15) is 0 Å². The van der Waals surface area contributed by atoms with E-state index in [4.69, 9.17) is 9.26 Å². The molecule has 98 valence electrons. The average Bonchev–Trinajstić information content (AvgIpc) is 2.66. The Morgan fingerprint density at radius 3 is 2.76 bits per heavy atom. The third-order valence-electron chi connectivity index (χ3n) is 2.88. The molecule has 1 heterocycles. The van der Waals surface area contributed by atoms with Crippen molar-refractivity contribution in [3.8, 4) is 0 Å². The lowest BCUT2D eigenvalue weighted by molar-refractivity contribution is 0.0191. The van der Waals surface area contributed by atoms with Crippen LogP contribution in [0.4, 0.5) is 0 Å². The Morgan fingerprint density at radius 1 is 1.47 bits per heavy atom. The van der Waals surface area contributed by atoms with Gasteiger partial charge in [0.2, 0.25) is 0 Å². The zero-order chi connectivity index (χ0) is 12.9. The monoisotopic (exact) mass is 241 g/mol. The highest BCUT2D eigenvalue weighted by Gasteiger charge is 2.20. The molecule has 5 nitrogen and oxygen atoms in total.